The second-order valence-corrected chi connectivity index (χ2v) is 13.9. The van der Waals surface area contributed by atoms with Gasteiger partial charge in [-0.15, -0.1) is 11.3 Å². The Morgan fingerprint density at radius 3 is 2.49 bits per heavy atom. The van der Waals surface area contributed by atoms with E-state index in [0.29, 0.717) is 44.6 Å². The highest BCUT2D eigenvalue weighted by molar-refractivity contribution is 7.21. The van der Waals surface area contributed by atoms with E-state index in [-0.39, 0.29) is 74.6 Å². The number of nitrogens with one attached hydrogen (secondary N) is 1. The maximum Gasteiger partial charge on any atom is 0.394 e. The zero-order chi connectivity index (χ0) is 34.9. The number of hydrogen-bond donors (Lipinski definition) is 2. The number of ether oxygens (including phenoxy) is 1. The summed E-state index contributed by atoms with van der Waals surface area (Å²) in [6.07, 6.45) is -1.59. The molecule has 3 saturated carbocycles. The van der Waals surface area contributed by atoms with Gasteiger partial charge in [0.2, 0.25) is 17.2 Å². The first-order valence-corrected chi connectivity index (χ1v) is 16.6. The van der Waals surface area contributed by atoms with Crippen molar-refractivity contribution in [3.05, 3.63) is 52.0 Å². The van der Waals surface area contributed by atoms with E-state index in [1.54, 1.807) is 34.7 Å². The molecule has 0 atom stereocenters. The van der Waals surface area contributed by atoms with Gasteiger partial charge in [0.25, 0.3) is 5.91 Å². The number of rotatable bonds is 8. The highest BCUT2D eigenvalue weighted by atomic mass is 32.1. The molecule has 4 aromatic heterocycles. The lowest BCUT2D eigenvalue weighted by molar-refractivity contribution is -0.337. The van der Waals surface area contributed by atoms with Crippen molar-refractivity contribution in [1.29, 1.82) is 0 Å². The number of amides is 2. The van der Waals surface area contributed by atoms with Crippen LogP contribution in [0.4, 0.5) is 18.9 Å². The van der Waals surface area contributed by atoms with Crippen molar-refractivity contribution in [2.45, 2.75) is 57.8 Å². The quantitative estimate of drug-likeness (QED) is 0.280. The molecule has 0 aromatic carbocycles. The molecule has 2 N–H and O–H groups in total. The zero-order valence-electron chi connectivity index (χ0n) is 26.9. The molecule has 1 saturated heterocycles. The third-order valence-electron chi connectivity index (χ3n) is 9.84. The number of anilines is 1. The van der Waals surface area contributed by atoms with Crippen molar-refractivity contribution in [3.63, 3.8) is 0 Å². The molecule has 0 radical (unpaired) electrons. The summed E-state index contributed by atoms with van der Waals surface area (Å²) in [5.41, 5.74) is -0.802. The number of piperazine rings is 1. The summed E-state index contributed by atoms with van der Waals surface area (Å²) in [6.45, 7) is 4.21. The van der Waals surface area contributed by atoms with Gasteiger partial charge in [-0.25, -0.2) is 19.9 Å². The predicted octanol–water partition coefficient (Wildman–Crippen LogP) is 3.46. The number of thiazole rings is 1. The Kier molecular flexibility index (Phi) is 7.79. The number of halogens is 3. The Balaban J connectivity index is 1.22. The number of carbonyl (C=O) groups is 2. The van der Waals surface area contributed by atoms with E-state index in [9.17, 15) is 32.7 Å². The highest BCUT2D eigenvalue weighted by Gasteiger charge is 2.78. The molecule has 2 bridgehead atoms. The van der Waals surface area contributed by atoms with Crippen LogP contribution in [0, 0.1) is 12.3 Å². The standard InChI is InChI=1S/C32H33F3N8O5S/c1-4-19-23(41-7-9-42(10-8-41)29(47)22-24(45)17(2)37-16-38-22)25(46)26-27(39-28(49-26)18-5-6-36-21(11-18)48-3)43(19)12-20(44)40-31-13-30(14-31,15-31)32(33,34)35/h5-6,11,16,45H,4,7-10,12-15H2,1-3H3,(H,40,44). The molecule has 0 unspecified atom stereocenters. The van der Waals surface area contributed by atoms with Gasteiger partial charge in [-0.05, 0) is 38.7 Å². The summed E-state index contributed by atoms with van der Waals surface area (Å²) < 4.78 is 47.7. The van der Waals surface area contributed by atoms with Gasteiger partial charge in [0.05, 0.1) is 18.2 Å². The second-order valence-electron chi connectivity index (χ2n) is 12.9. The number of aryl methyl sites for hydroxylation is 1. The molecule has 5 heterocycles. The minimum Gasteiger partial charge on any atom is -0.504 e. The first-order valence-electron chi connectivity index (χ1n) is 15.8. The van der Waals surface area contributed by atoms with Crippen molar-refractivity contribution in [2.24, 2.45) is 5.41 Å². The van der Waals surface area contributed by atoms with Crippen molar-refractivity contribution in [1.82, 2.24) is 34.7 Å². The van der Waals surface area contributed by atoms with Gasteiger partial charge in [0.1, 0.15) is 28.3 Å². The smallest absolute Gasteiger partial charge is 0.394 e. The van der Waals surface area contributed by atoms with E-state index < -0.39 is 28.9 Å². The van der Waals surface area contributed by atoms with E-state index in [0.717, 1.165) is 11.3 Å². The van der Waals surface area contributed by atoms with Crippen LogP contribution in [0.15, 0.2) is 29.5 Å². The molecule has 17 heteroatoms. The summed E-state index contributed by atoms with van der Waals surface area (Å²) in [4.78, 5) is 61.3. The molecule has 13 nitrogen and oxygen atoms in total. The molecule has 4 aliphatic rings. The number of pyridine rings is 2. The summed E-state index contributed by atoms with van der Waals surface area (Å²) in [5, 5.41) is 13.7. The highest BCUT2D eigenvalue weighted by Crippen LogP contribution is 2.73. The van der Waals surface area contributed by atoms with E-state index >= 15 is 0 Å². The van der Waals surface area contributed by atoms with Crippen LogP contribution in [0.1, 0.15) is 48.1 Å². The zero-order valence-corrected chi connectivity index (χ0v) is 27.7. The van der Waals surface area contributed by atoms with Crippen molar-refractivity contribution >= 4 is 39.2 Å². The van der Waals surface area contributed by atoms with Gasteiger partial charge in [0.15, 0.2) is 17.1 Å². The minimum absolute atomic E-state index is 0.0974. The Labute approximate surface area is 281 Å². The summed E-state index contributed by atoms with van der Waals surface area (Å²) >= 11 is 1.16. The van der Waals surface area contributed by atoms with Gasteiger partial charge in [-0.3, -0.25) is 14.4 Å². The van der Waals surface area contributed by atoms with E-state index in [1.807, 2.05) is 11.8 Å². The Bertz CT molecular complexity index is 2040. The molecule has 4 aromatic rings. The van der Waals surface area contributed by atoms with E-state index in [2.05, 4.69) is 20.3 Å². The Hall–Kier alpha value is -4.80. The molecule has 8 rings (SSSR count). The maximum atomic E-state index is 14.3. The fourth-order valence-electron chi connectivity index (χ4n) is 7.38. The van der Waals surface area contributed by atoms with Crippen LogP contribution >= 0.6 is 11.3 Å². The largest absolute Gasteiger partial charge is 0.504 e. The molecule has 2 amide bonds. The van der Waals surface area contributed by atoms with Crippen LogP contribution in [0.2, 0.25) is 0 Å². The number of fused-ring (bicyclic) bond motifs is 1. The Morgan fingerprint density at radius 2 is 1.84 bits per heavy atom. The first-order chi connectivity index (χ1) is 23.3. The summed E-state index contributed by atoms with van der Waals surface area (Å²) in [6, 6.07) is 3.42. The Morgan fingerprint density at radius 1 is 1.12 bits per heavy atom. The van der Waals surface area contributed by atoms with Crippen molar-refractivity contribution in [3.8, 4) is 22.2 Å². The van der Waals surface area contributed by atoms with Gasteiger partial charge in [-0.2, -0.15) is 13.2 Å². The average molecular weight is 699 g/mol. The number of alkyl halides is 3. The van der Waals surface area contributed by atoms with E-state index in [1.165, 1.54) is 13.4 Å². The van der Waals surface area contributed by atoms with Crippen LogP contribution in [0.25, 0.3) is 20.9 Å². The molecule has 3 aliphatic carbocycles. The van der Waals surface area contributed by atoms with E-state index in [4.69, 9.17) is 9.72 Å². The number of carbonyl (C=O) groups excluding carboxylic acids is 2. The van der Waals surface area contributed by atoms with Crippen LogP contribution in [-0.2, 0) is 17.8 Å². The number of nitrogens with zero attached hydrogens (tertiary/aromatic N) is 7. The molecular weight excluding hydrogens is 665 g/mol. The van der Waals surface area contributed by atoms with Gasteiger partial charge in [-0.1, -0.05) is 6.92 Å². The van der Waals surface area contributed by atoms with Crippen molar-refractivity contribution < 1.29 is 32.6 Å². The normalized spacial score (nSPS) is 21.7. The summed E-state index contributed by atoms with van der Waals surface area (Å²) in [7, 11) is 1.49. The van der Waals surface area contributed by atoms with Crippen LogP contribution in [0.5, 0.6) is 11.6 Å². The topological polar surface area (TPSA) is 156 Å². The minimum atomic E-state index is -4.30. The van der Waals surface area contributed by atoms with Gasteiger partial charge in [0, 0.05) is 55.2 Å². The fraction of sp³-hybridized carbons (Fsp3) is 0.469. The summed E-state index contributed by atoms with van der Waals surface area (Å²) in [5.74, 6) is -0.843. The molecule has 4 fully saturated rings. The fourth-order valence-corrected chi connectivity index (χ4v) is 8.38. The lowest BCUT2D eigenvalue weighted by atomic mass is 9.39. The van der Waals surface area contributed by atoms with Crippen LogP contribution in [-0.4, -0.2) is 91.3 Å². The van der Waals surface area contributed by atoms with Crippen LogP contribution in [0.3, 0.4) is 0 Å². The number of hydrogen-bond acceptors (Lipinski definition) is 11. The molecule has 258 valence electrons. The second kappa shape index (κ2) is 11.7. The molecule has 0 spiro atoms. The predicted molar refractivity (Wildman–Crippen MR) is 173 cm³/mol. The first kappa shape index (κ1) is 32.7. The van der Waals surface area contributed by atoms with Crippen molar-refractivity contribution in [2.75, 3.05) is 38.2 Å². The monoisotopic (exact) mass is 698 g/mol. The molecule has 1 aliphatic heterocycles. The number of methoxy groups -OCH3 is 1. The third kappa shape index (κ3) is 5.34. The van der Waals surface area contributed by atoms with Gasteiger partial charge < -0.3 is 29.5 Å². The third-order valence-corrected chi connectivity index (χ3v) is 10.9. The lowest BCUT2D eigenvalue weighted by Gasteiger charge is -2.70. The molecule has 49 heavy (non-hydrogen) atoms. The maximum absolute atomic E-state index is 14.3. The number of aromatic hydroxyl groups is 1. The molecular formula is C32H33F3N8O5S. The van der Waals surface area contributed by atoms with Crippen LogP contribution < -0.4 is 20.4 Å². The number of aromatic nitrogens is 5. The SMILES string of the molecule is CCc1c(N2CCN(C(=O)c3ncnc(C)c3O)CC2)c(=O)c2sc(-c3ccnc(OC)c3)nc2n1CC(=O)NC12CC(C(F)(F)F)(C1)C2. The van der Waals surface area contributed by atoms with Gasteiger partial charge >= 0.3 is 6.18 Å². The lowest BCUT2D eigenvalue weighted by Crippen LogP contribution is -2.78. The average Bonchev–Trinajstić information content (AvgIpc) is 3.50.